The summed E-state index contributed by atoms with van der Waals surface area (Å²) in [6, 6.07) is 11.3. The number of carbonyl (C=O) groups is 2. The third-order valence-electron chi connectivity index (χ3n) is 3.92. The number of rotatable bonds is 6. The summed E-state index contributed by atoms with van der Waals surface area (Å²) in [6.07, 6.45) is 6.79. The smallest absolute Gasteiger partial charge is 0.294 e. The molecule has 0 unspecified atom stereocenters. The largest absolute Gasteiger partial charge is 0.488 e. The molecule has 0 N–H and O–H groups in total. The van der Waals surface area contributed by atoms with Crippen molar-refractivity contribution < 1.29 is 19.2 Å². The van der Waals surface area contributed by atoms with Gasteiger partial charge in [-0.05, 0) is 53.7 Å². The molecule has 0 spiro atoms. The SMILES string of the molecule is C#CCN1C(=O)S/C(=C/c2cc(Br)ccc2OCc2ccc([N+](=O)[O-])cc2)C1=O. The number of hydrogen-bond donors (Lipinski definition) is 0. The number of thioether (sulfide) groups is 1. The minimum Gasteiger partial charge on any atom is -0.488 e. The highest BCUT2D eigenvalue weighted by Crippen LogP contribution is 2.35. The second-order valence-electron chi connectivity index (χ2n) is 5.87. The van der Waals surface area contributed by atoms with Gasteiger partial charge in [-0.25, -0.2) is 0 Å². The molecule has 7 nitrogen and oxygen atoms in total. The number of imide groups is 1. The number of nitro groups is 1. The van der Waals surface area contributed by atoms with Crippen molar-refractivity contribution in [3.05, 3.63) is 73.1 Å². The van der Waals surface area contributed by atoms with Crippen LogP contribution in [0.1, 0.15) is 11.1 Å². The van der Waals surface area contributed by atoms with Crippen molar-refractivity contribution in [3.63, 3.8) is 0 Å². The summed E-state index contributed by atoms with van der Waals surface area (Å²) in [6.45, 7) is 0.100. The molecule has 0 saturated carbocycles. The van der Waals surface area contributed by atoms with E-state index >= 15 is 0 Å². The zero-order valence-electron chi connectivity index (χ0n) is 14.8. The second-order valence-corrected chi connectivity index (χ2v) is 7.78. The average molecular weight is 473 g/mol. The van der Waals surface area contributed by atoms with E-state index in [2.05, 4.69) is 21.9 Å². The summed E-state index contributed by atoms with van der Waals surface area (Å²) < 4.78 is 6.61. The number of terminal acetylenes is 1. The number of nitro benzene ring substituents is 1. The molecule has 146 valence electrons. The van der Waals surface area contributed by atoms with Gasteiger partial charge in [0.05, 0.1) is 16.4 Å². The number of amides is 2. The van der Waals surface area contributed by atoms with Gasteiger partial charge in [0.25, 0.3) is 16.8 Å². The molecule has 1 aliphatic heterocycles. The van der Waals surface area contributed by atoms with E-state index in [0.717, 1.165) is 26.7 Å². The Balaban J connectivity index is 1.81. The lowest BCUT2D eigenvalue weighted by Crippen LogP contribution is -2.28. The zero-order valence-corrected chi connectivity index (χ0v) is 17.2. The highest BCUT2D eigenvalue weighted by Gasteiger charge is 2.34. The number of carbonyl (C=O) groups excluding carboxylic acids is 2. The Morgan fingerprint density at radius 1 is 1.24 bits per heavy atom. The normalized spacial score (nSPS) is 14.9. The highest BCUT2D eigenvalue weighted by atomic mass is 79.9. The topological polar surface area (TPSA) is 89.8 Å². The number of hydrogen-bond acceptors (Lipinski definition) is 6. The van der Waals surface area contributed by atoms with Crippen molar-refractivity contribution in [1.82, 2.24) is 4.90 Å². The molecular weight excluding hydrogens is 460 g/mol. The lowest BCUT2D eigenvalue weighted by atomic mass is 10.1. The van der Waals surface area contributed by atoms with Gasteiger partial charge >= 0.3 is 0 Å². The van der Waals surface area contributed by atoms with Crippen LogP contribution in [0.25, 0.3) is 6.08 Å². The van der Waals surface area contributed by atoms with Crippen LogP contribution in [0, 0.1) is 22.5 Å². The number of non-ortho nitro benzene ring substituents is 1. The zero-order chi connectivity index (χ0) is 21.0. The average Bonchev–Trinajstić information content (AvgIpc) is 2.95. The fraction of sp³-hybridized carbons (Fsp3) is 0.100. The first kappa shape index (κ1) is 20.6. The van der Waals surface area contributed by atoms with Crippen LogP contribution in [0.5, 0.6) is 5.75 Å². The lowest BCUT2D eigenvalue weighted by molar-refractivity contribution is -0.384. The summed E-state index contributed by atoms with van der Waals surface area (Å²) in [4.78, 5) is 35.9. The summed E-state index contributed by atoms with van der Waals surface area (Å²) in [5, 5.41) is 10.3. The molecule has 2 aromatic rings. The lowest BCUT2D eigenvalue weighted by Gasteiger charge is -2.11. The van der Waals surface area contributed by atoms with Gasteiger partial charge in [0, 0.05) is 22.2 Å². The van der Waals surface area contributed by atoms with Crippen molar-refractivity contribution in [2.45, 2.75) is 6.61 Å². The van der Waals surface area contributed by atoms with E-state index in [4.69, 9.17) is 11.2 Å². The summed E-state index contributed by atoms with van der Waals surface area (Å²) in [5.74, 6) is 2.34. The van der Waals surface area contributed by atoms with Gasteiger partial charge in [-0.3, -0.25) is 24.6 Å². The minimum absolute atomic E-state index is 0.000718. The second kappa shape index (κ2) is 8.94. The van der Waals surface area contributed by atoms with Gasteiger partial charge in [0.1, 0.15) is 12.4 Å². The number of benzene rings is 2. The molecule has 0 atom stereocenters. The molecule has 0 aliphatic carbocycles. The third-order valence-corrected chi connectivity index (χ3v) is 5.32. The quantitative estimate of drug-likeness (QED) is 0.264. The predicted octanol–water partition coefficient (Wildman–Crippen LogP) is 4.61. The number of nitrogens with zero attached hydrogens (tertiary/aromatic N) is 2. The van der Waals surface area contributed by atoms with E-state index in [9.17, 15) is 19.7 Å². The van der Waals surface area contributed by atoms with Gasteiger partial charge in [0.2, 0.25) is 0 Å². The standard InChI is InChI=1S/C20H13BrN2O5S/c1-2-9-22-19(24)18(29-20(22)25)11-14-10-15(21)5-8-17(14)28-12-13-3-6-16(7-4-13)23(26)27/h1,3-8,10-11H,9,12H2/b18-11+. The molecular formula is C20H13BrN2O5S. The monoisotopic (exact) mass is 472 g/mol. The Hall–Kier alpha value is -3.09. The molecule has 2 aromatic carbocycles. The Morgan fingerprint density at radius 2 is 1.97 bits per heavy atom. The molecule has 1 heterocycles. The number of halogens is 1. The van der Waals surface area contributed by atoms with Gasteiger partial charge in [-0.1, -0.05) is 21.9 Å². The minimum atomic E-state index is -0.468. The van der Waals surface area contributed by atoms with E-state index in [1.165, 1.54) is 12.1 Å². The van der Waals surface area contributed by atoms with Crippen LogP contribution in [-0.4, -0.2) is 27.5 Å². The van der Waals surface area contributed by atoms with E-state index in [-0.39, 0.29) is 23.7 Å². The van der Waals surface area contributed by atoms with Crippen molar-refractivity contribution in [2.75, 3.05) is 6.54 Å². The van der Waals surface area contributed by atoms with Gasteiger partial charge in [0.15, 0.2) is 0 Å². The maximum atomic E-state index is 12.4. The molecule has 9 heteroatoms. The molecule has 2 amide bonds. The van der Waals surface area contributed by atoms with Crippen LogP contribution in [0.15, 0.2) is 51.8 Å². The summed E-state index contributed by atoms with van der Waals surface area (Å²) >= 11 is 4.20. The molecule has 0 aromatic heterocycles. The first-order valence-corrected chi connectivity index (χ1v) is 9.84. The van der Waals surface area contributed by atoms with Crippen molar-refractivity contribution >= 4 is 50.6 Å². The van der Waals surface area contributed by atoms with Gasteiger partial charge < -0.3 is 4.74 Å². The Bertz CT molecular complexity index is 1060. The molecule has 29 heavy (non-hydrogen) atoms. The van der Waals surface area contributed by atoms with E-state index in [1.807, 2.05) is 0 Å². The molecule has 1 fully saturated rings. The van der Waals surface area contributed by atoms with Crippen LogP contribution in [0.4, 0.5) is 10.5 Å². The Kier molecular flexibility index (Phi) is 6.36. The summed E-state index contributed by atoms with van der Waals surface area (Å²) in [5.41, 5.74) is 1.35. The molecule has 1 saturated heterocycles. The van der Waals surface area contributed by atoms with Gasteiger partial charge in [-0.15, -0.1) is 6.42 Å². The first-order valence-electron chi connectivity index (χ1n) is 8.23. The maximum Gasteiger partial charge on any atom is 0.294 e. The molecule has 0 radical (unpaired) electrons. The van der Waals surface area contributed by atoms with Crippen molar-refractivity contribution in [3.8, 4) is 18.1 Å². The molecule has 1 aliphatic rings. The van der Waals surface area contributed by atoms with E-state index in [0.29, 0.717) is 11.3 Å². The maximum absolute atomic E-state index is 12.4. The first-order chi connectivity index (χ1) is 13.9. The van der Waals surface area contributed by atoms with Crippen LogP contribution < -0.4 is 4.74 Å². The van der Waals surface area contributed by atoms with Crippen LogP contribution >= 0.6 is 27.7 Å². The van der Waals surface area contributed by atoms with Crippen LogP contribution in [0.3, 0.4) is 0 Å². The number of ether oxygens (including phenoxy) is 1. The summed E-state index contributed by atoms with van der Waals surface area (Å²) in [7, 11) is 0. The van der Waals surface area contributed by atoms with Crippen molar-refractivity contribution in [2.24, 2.45) is 0 Å². The van der Waals surface area contributed by atoms with Crippen molar-refractivity contribution in [1.29, 1.82) is 0 Å². The van der Waals surface area contributed by atoms with E-state index < -0.39 is 16.1 Å². The highest BCUT2D eigenvalue weighted by molar-refractivity contribution is 9.10. The van der Waals surface area contributed by atoms with Crippen LogP contribution in [-0.2, 0) is 11.4 Å². The fourth-order valence-electron chi connectivity index (χ4n) is 2.51. The van der Waals surface area contributed by atoms with Crippen LogP contribution in [0.2, 0.25) is 0 Å². The molecule has 3 rings (SSSR count). The Morgan fingerprint density at radius 3 is 2.62 bits per heavy atom. The third kappa shape index (κ3) is 4.85. The Labute approximate surface area is 179 Å². The molecule has 0 bridgehead atoms. The fourth-order valence-corrected chi connectivity index (χ4v) is 3.72. The predicted molar refractivity (Wildman–Crippen MR) is 113 cm³/mol. The van der Waals surface area contributed by atoms with Gasteiger partial charge in [-0.2, -0.15) is 0 Å². The van der Waals surface area contributed by atoms with E-state index in [1.54, 1.807) is 36.4 Å².